The summed E-state index contributed by atoms with van der Waals surface area (Å²) in [4.78, 5) is 4.38. The van der Waals surface area contributed by atoms with E-state index in [0.29, 0.717) is 5.15 Å². The first-order valence-electron chi connectivity index (χ1n) is 4.93. The third kappa shape index (κ3) is 2.44. The summed E-state index contributed by atoms with van der Waals surface area (Å²) in [7, 11) is 0. The summed E-state index contributed by atoms with van der Waals surface area (Å²) in [6.07, 6.45) is 0. The number of thioether (sulfide) groups is 1. The molecular weight excluding hydrogens is 226 g/mol. The molecule has 0 unspecified atom stereocenters. The van der Waals surface area contributed by atoms with Crippen LogP contribution in [0.5, 0.6) is 0 Å². The first-order chi connectivity index (χ1) is 7.31. The van der Waals surface area contributed by atoms with E-state index in [-0.39, 0.29) is 0 Å². The number of halogens is 1. The third-order valence-corrected chi connectivity index (χ3v) is 3.46. The van der Waals surface area contributed by atoms with Crippen LogP contribution >= 0.6 is 23.4 Å². The van der Waals surface area contributed by atoms with Crippen LogP contribution in [0.15, 0.2) is 30.3 Å². The summed E-state index contributed by atoms with van der Waals surface area (Å²) in [5.74, 6) is 2.04. The van der Waals surface area contributed by atoms with E-state index in [2.05, 4.69) is 24.0 Å². The molecule has 0 N–H and O–H groups in total. The minimum absolute atomic E-state index is 0.634. The van der Waals surface area contributed by atoms with Gasteiger partial charge in [-0.1, -0.05) is 36.7 Å². The molecule has 0 aliphatic heterocycles. The van der Waals surface area contributed by atoms with Gasteiger partial charge in [-0.05, 0) is 17.9 Å². The van der Waals surface area contributed by atoms with Gasteiger partial charge >= 0.3 is 0 Å². The molecule has 0 fully saturated rings. The van der Waals surface area contributed by atoms with Gasteiger partial charge in [0, 0.05) is 16.7 Å². The predicted octanol–water partition coefficient (Wildman–Crippen LogP) is 4.14. The Kier molecular flexibility index (Phi) is 3.49. The fraction of sp³-hybridized carbons (Fsp3) is 0.250. The Morgan fingerprint density at radius 1 is 1.33 bits per heavy atom. The van der Waals surface area contributed by atoms with E-state index in [9.17, 15) is 0 Å². The number of benzene rings is 1. The zero-order valence-corrected chi connectivity index (χ0v) is 10.1. The number of hydrogen-bond donors (Lipinski definition) is 0. The quantitative estimate of drug-likeness (QED) is 0.745. The maximum atomic E-state index is 6.11. The second kappa shape index (κ2) is 4.86. The van der Waals surface area contributed by atoms with Gasteiger partial charge in [0.2, 0.25) is 0 Å². The van der Waals surface area contributed by atoms with E-state index in [1.54, 1.807) is 0 Å². The van der Waals surface area contributed by atoms with Crippen molar-refractivity contribution in [3.05, 3.63) is 41.0 Å². The van der Waals surface area contributed by atoms with Gasteiger partial charge in [-0.3, -0.25) is 0 Å². The van der Waals surface area contributed by atoms with Gasteiger partial charge in [0.15, 0.2) is 0 Å². The second-order valence-electron chi connectivity index (χ2n) is 3.27. The Bertz CT molecular complexity index is 470. The van der Waals surface area contributed by atoms with Crippen molar-refractivity contribution in [1.29, 1.82) is 0 Å². The minimum atomic E-state index is 0.634. The Balaban J connectivity index is 2.43. The molecule has 1 aromatic carbocycles. The summed E-state index contributed by atoms with van der Waals surface area (Å²) in [6, 6.07) is 10.2. The molecule has 78 valence electrons. The van der Waals surface area contributed by atoms with Gasteiger partial charge in [-0.25, -0.2) is 4.98 Å². The molecule has 1 nitrogen and oxygen atoms in total. The van der Waals surface area contributed by atoms with Crippen LogP contribution in [0.3, 0.4) is 0 Å². The maximum Gasteiger partial charge on any atom is 0.133 e. The highest BCUT2D eigenvalue weighted by atomic mass is 35.5. The molecule has 0 saturated carbocycles. The van der Waals surface area contributed by atoms with Crippen LogP contribution in [0.25, 0.3) is 10.9 Å². The number of rotatable bonds is 3. The Morgan fingerprint density at radius 3 is 2.93 bits per heavy atom. The molecule has 0 amide bonds. The average Bonchev–Trinajstić information content (AvgIpc) is 2.26. The van der Waals surface area contributed by atoms with Crippen LogP contribution < -0.4 is 0 Å². The molecule has 3 heteroatoms. The van der Waals surface area contributed by atoms with Crippen molar-refractivity contribution in [2.45, 2.75) is 12.7 Å². The molecule has 1 heterocycles. The molecule has 0 saturated heterocycles. The van der Waals surface area contributed by atoms with Crippen molar-refractivity contribution in [2.75, 3.05) is 5.75 Å². The molecule has 0 spiro atoms. The van der Waals surface area contributed by atoms with Crippen molar-refractivity contribution in [3.63, 3.8) is 0 Å². The van der Waals surface area contributed by atoms with E-state index in [0.717, 1.165) is 28.0 Å². The Labute approximate surface area is 98.9 Å². The number of fused-ring (bicyclic) bond motifs is 1. The van der Waals surface area contributed by atoms with E-state index in [4.69, 9.17) is 11.6 Å². The normalized spacial score (nSPS) is 10.8. The summed E-state index contributed by atoms with van der Waals surface area (Å²) >= 11 is 7.97. The highest BCUT2D eigenvalue weighted by Crippen LogP contribution is 2.23. The van der Waals surface area contributed by atoms with E-state index in [1.165, 1.54) is 0 Å². The number of aromatic nitrogens is 1. The molecule has 2 aromatic rings. The number of para-hydroxylation sites is 1. The van der Waals surface area contributed by atoms with Crippen molar-refractivity contribution >= 4 is 34.3 Å². The predicted molar refractivity (Wildman–Crippen MR) is 68.6 cm³/mol. The molecule has 1 aromatic heterocycles. The smallest absolute Gasteiger partial charge is 0.133 e. The van der Waals surface area contributed by atoms with Gasteiger partial charge in [0.1, 0.15) is 5.15 Å². The molecular formula is C12H12ClNS. The summed E-state index contributed by atoms with van der Waals surface area (Å²) in [5, 5.41) is 1.79. The van der Waals surface area contributed by atoms with Crippen molar-refractivity contribution in [3.8, 4) is 0 Å². The summed E-state index contributed by atoms with van der Waals surface area (Å²) in [5.41, 5.74) is 2.09. The van der Waals surface area contributed by atoms with Gasteiger partial charge in [-0.15, -0.1) is 0 Å². The maximum absolute atomic E-state index is 6.11. The molecule has 0 bridgehead atoms. The third-order valence-electron chi connectivity index (χ3n) is 2.21. The first-order valence-corrected chi connectivity index (χ1v) is 6.46. The zero-order valence-electron chi connectivity index (χ0n) is 8.53. The lowest BCUT2D eigenvalue weighted by Crippen LogP contribution is -1.88. The fourth-order valence-corrected chi connectivity index (χ4v) is 2.39. The largest absolute Gasteiger partial charge is 0.236 e. The van der Waals surface area contributed by atoms with Gasteiger partial charge in [0.25, 0.3) is 0 Å². The Morgan fingerprint density at radius 2 is 2.13 bits per heavy atom. The zero-order chi connectivity index (χ0) is 10.7. The standard InChI is InChI=1S/C12H12ClNS/c1-2-15-8-10-7-9-5-3-4-6-11(9)14-12(10)13/h3-7H,2,8H2,1H3. The lowest BCUT2D eigenvalue weighted by atomic mass is 10.2. The topological polar surface area (TPSA) is 12.9 Å². The van der Waals surface area contributed by atoms with Crippen molar-refractivity contribution in [1.82, 2.24) is 4.98 Å². The molecule has 0 radical (unpaired) electrons. The lowest BCUT2D eigenvalue weighted by Gasteiger charge is -2.04. The van der Waals surface area contributed by atoms with Crippen LogP contribution in [0.4, 0.5) is 0 Å². The SMILES string of the molecule is CCSCc1cc2ccccc2nc1Cl. The molecule has 2 rings (SSSR count). The summed E-state index contributed by atoms with van der Waals surface area (Å²) in [6.45, 7) is 2.15. The van der Waals surface area contributed by atoms with Crippen molar-refractivity contribution in [2.24, 2.45) is 0 Å². The van der Waals surface area contributed by atoms with Gasteiger partial charge < -0.3 is 0 Å². The van der Waals surface area contributed by atoms with Crippen molar-refractivity contribution < 1.29 is 0 Å². The first kappa shape index (κ1) is 10.8. The molecule has 0 aliphatic carbocycles. The van der Waals surface area contributed by atoms with E-state index < -0.39 is 0 Å². The fourth-order valence-electron chi connectivity index (χ4n) is 1.45. The highest BCUT2D eigenvalue weighted by molar-refractivity contribution is 7.98. The van der Waals surface area contributed by atoms with Gasteiger partial charge in [0.05, 0.1) is 5.52 Å². The molecule has 0 atom stereocenters. The number of hydrogen-bond acceptors (Lipinski definition) is 2. The second-order valence-corrected chi connectivity index (χ2v) is 4.90. The van der Waals surface area contributed by atoms with Crippen LogP contribution in [0.2, 0.25) is 5.15 Å². The Hall–Kier alpha value is -0.730. The molecule has 0 aliphatic rings. The van der Waals surface area contributed by atoms with Gasteiger partial charge in [-0.2, -0.15) is 11.8 Å². The monoisotopic (exact) mass is 237 g/mol. The lowest BCUT2D eigenvalue weighted by molar-refractivity contribution is 1.30. The minimum Gasteiger partial charge on any atom is -0.236 e. The number of pyridine rings is 1. The van der Waals surface area contributed by atoms with Crippen LogP contribution in [0.1, 0.15) is 12.5 Å². The highest BCUT2D eigenvalue weighted by Gasteiger charge is 2.03. The molecule has 15 heavy (non-hydrogen) atoms. The summed E-state index contributed by atoms with van der Waals surface area (Å²) < 4.78 is 0. The van der Waals surface area contributed by atoms with Crippen LogP contribution in [-0.4, -0.2) is 10.7 Å². The van der Waals surface area contributed by atoms with Crippen LogP contribution in [0, 0.1) is 0 Å². The van der Waals surface area contributed by atoms with Crippen LogP contribution in [-0.2, 0) is 5.75 Å². The average molecular weight is 238 g/mol. The number of nitrogens with zero attached hydrogens (tertiary/aromatic N) is 1. The van der Waals surface area contributed by atoms with E-state index in [1.807, 2.05) is 30.0 Å². The van der Waals surface area contributed by atoms with E-state index >= 15 is 0 Å².